The average Bonchev–Trinajstić information content (AvgIpc) is 2.86. The van der Waals surface area contributed by atoms with Gasteiger partial charge in [0.15, 0.2) is 0 Å². The molecule has 3 rings (SSSR count). The second-order valence-electron chi connectivity index (χ2n) is 5.18. The molecule has 1 fully saturated rings. The van der Waals surface area contributed by atoms with E-state index in [-0.39, 0.29) is 16.9 Å². The van der Waals surface area contributed by atoms with Crippen molar-refractivity contribution in [2.45, 2.75) is 31.6 Å². The van der Waals surface area contributed by atoms with Crippen molar-refractivity contribution in [3.8, 4) is 0 Å². The number of nitrogens with one attached hydrogen (secondary N) is 1. The van der Waals surface area contributed by atoms with E-state index < -0.39 is 6.43 Å². The van der Waals surface area contributed by atoms with Gasteiger partial charge >= 0.3 is 0 Å². The number of nitrogens with zero attached hydrogens (tertiary/aromatic N) is 4. The fourth-order valence-electron chi connectivity index (χ4n) is 2.57. The van der Waals surface area contributed by atoms with E-state index in [9.17, 15) is 8.78 Å². The highest BCUT2D eigenvalue weighted by Gasteiger charge is 2.32. The van der Waals surface area contributed by atoms with Crippen LogP contribution in [0.1, 0.15) is 37.6 Å². The van der Waals surface area contributed by atoms with Crippen LogP contribution in [-0.2, 0) is 5.41 Å². The zero-order chi connectivity index (χ0) is 13.5. The molecule has 7 heteroatoms. The van der Waals surface area contributed by atoms with Crippen molar-refractivity contribution in [1.29, 1.82) is 0 Å². The van der Waals surface area contributed by atoms with Crippen LogP contribution in [0.25, 0.3) is 5.78 Å². The standard InChI is InChI=1S/C12H15F2N5/c1-12(3-2-4-15-6-12)9-5-8(10(13)14)19-11(18-9)16-7-17-19/h5,7,10,15H,2-4,6H2,1H3. The Labute approximate surface area is 109 Å². The third-order valence-corrected chi connectivity index (χ3v) is 3.72. The zero-order valence-corrected chi connectivity index (χ0v) is 10.6. The van der Waals surface area contributed by atoms with Gasteiger partial charge in [0.2, 0.25) is 0 Å². The van der Waals surface area contributed by atoms with Crippen LogP contribution >= 0.6 is 0 Å². The lowest BCUT2D eigenvalue weighted by Gasteiger charge is -2.33. The summed E-state index contributed by atoms with van der Waals surface area (Å²) in [6.07, 6.45) is 0.602. The highest BCUT2D eigenvalue weighted by atomic mass is 19.3. The van der Waals surface area contributed by atoms with Crippen molar-refractivity contribution in [2.24, 2.45) is 0 Å². The van der Waals surface area contributed by atoms with Gasteiger partial charge in [0, 0.05) is 12.0 Å². The first-order valence-corrected chi connectivity index (χ1v) is 6.30. The van der Waals surface area contributed by atoms with Gasteiger partial charge in [-0.25, -0.2) is 13.8 Å². The van der Waals surface area contributed by atoms with E-state index in [4.69, 9.17) is 0 Å². The number of hydrogen-bond donors (Lipinski definition) is 1. The van der Waals surface area contributed by atoms with Gasteiger partial charge in [-0.3, -0.25) is 0 Å². The second-order valence-corrected chi connectivity index (χ2v) is 5.18. The molecule has 0 radical (unpaired) electrons. The van der Waals surface area contributed by atoms with E-state index >= 15 is 0 Å². The molecule has 2 aromatic rings. The summed E-state index contributed by atoms with van der Waals surface area (Å²) in [5.74, 6) is 0.236. The molecule has 0 aliphatic carbocycles. The number of alkyl halides is 2. The van der Waals surface area contributed by atoms with Crippen LogP contribution in [0.4, 0.5) is 8.78 Å². The fourth-order valence-corrected chi connectivity index (χ4v) is 2.57. The molecule has 0 aromatic carbocycles. The summed E-state index contributed by atoms with van der Waals surface area (Å²) in [5, 5.41) is 7.09. The molecule has 2 aromatic heterocycles. The smallest absolute Gasteiger partial charge is 0.280 e. The van der Waals surface area contributed by atoms with Gasteiger partial charge in [0.05, 0.1) is 5.69 Å². The number of aromatic nitrogens is 4. The van der Waals surface area contributed by atoms with Crippen LogP contribution in [0.5, 0.6) is 0 Å². The largest absolute Gasteiger partial charge is 0.316 e. The number of fused-ring (bicyclic) bond motifs is 1. The third-order valence-electron chi connectivity index (χ3n) is 3.72. The minimum Gasteiger partial charge on any atom is -0.316 e. The molecule has 0 spiro atoms. The molecule has 1 atom stereocenters. The molecule has 3 heterocycles. The van der Waals surface area contributed by atoms with Crippen molar-refractivity contribution in [1.82, 2.24) is 24.9 Å². The quantitative estimate of drug-likeness (QED) is 0.900. The topological polar surface area (TPSA) is 55.1 Å². The lowest BCUT2D eigenvalue weighted by Crippen LogP contribution is -2.41. The Bertz CT molecular complexity index is 589. The lowest BCUT2D eigenvalue weighted by atomic mass is 9.79. The minimum atomic E-state index is -2.59. The summed E-state index contributed by atoms with van der Waals surface area (Å²) in [6.45, 7) is 3.75. The summed E-state index contributed by atoms with van der Waals surface area (Å²) < 4.78 is 27.3. The molecular formula is C12H15F2N5. The van der Waals surface area contributed by atoms with Gasteiger partial charge in [0.1, 0.15) is 12.0 Å². The van der Waals surface area contributed by atoms with Crippen LogP contribution < -0.4 is 5.32 Å². The van der Waals surface area contributed by atoms with Crippen LogP contribution in [0, 0.1) is 0 Å². The molecular weight excluding hydrogens is 252 g/mol. The maximum Gasteiger partial charge on any atom is 0.280 e. The van der Waals surface area contributed by atoms with E-state index in [1.807, 2.05) is 6.92 Å². The summed E-state index contributed by atoms with van der Waals surface area (Å²) in [7, 11) is 0. The van der Waals surface area contributed by atoms with E-state index in [1.54, 1.807) is 0 Å². The molecule has 102 valence electrons. The fraction of sp³-hybridized carbons (Fsp3) is 0.583. The van der Waals surface area contributed by atoms with Gasteiger partial charge < -0.3 is 5.32 Å². The van der Waals surface area contributed by atoms with Crippen molar-refractivity contribution in [2.75, 3.05) is 13.1 Å². The predicted molar refractivity (Wildman–Crippen MR) is 65.2 cm³/mol. The molecule has 0 saturated carbocycles. The molecule has 1 aliphatic rings. The number of rotatable bonds is 2. The van der Waals surface area contributed by atoms with Gasteiger partial charge in [-0.2, -0.15) is 14.6 Å². The lowest BCUT2D eigenvalue weighted by molar-refractivity contribution is 0.142. The molecule has 1 N–H and O–H groups in total. The third kappa shape index (κ3) is 2.07. The van der Waals surface area contributed by atoms with E-state index in [0.29, 0.717) is 5.69 Å². The van der Waals surface area contributed by atoms with Crippen LogP contribution in [0.3, 0.4) is 0 Å². The highest BCUT2D eigenvalue weighted by Crippen LogP contribution is 2.31. The Kier molecular flexibility index (Phi) is 2.93. The molecule has 1 unspecified atom stereocenters. The summed E-state index contributed by atoms with van der Waals surface area (Å²) in [6, 6.07) is 1.46. The van der Waals surface area contributed by atoms with Gasteiger partial charge in [-0.15, -0.1) is 0 Å². The number of hydrogen-bond acceptors (Lipinski definition) is 4. The van der Waals surface area contributed by atoms with Crippen molar-refractivity contribution < 1.29 is 8.78 Å². The Morgan fingerprint density at radius 1 is 1.47 bits per heavy atom. The Morgan fingerprint density at radius 3 is 3.00 bits per heavy atom. The minimum absolute atomic E-state index is 0.149. The zero-order valence-electron chi connectivity index (χ0n) is 10.6. The molecule has 1 saturated heterocycles. The summed E-state index contributed by atoms with van der Waals surface area (Å²) >= 11 is 0. The van der Waals surface area contributed by atoms with E-state index in [1.165, 1.54) is 12.4 Å². The monoisotopic (exact) mass is 267 g/mol. The van der Waals surface area contributed by atoms with Crippen LogP contribution in [0.2, 0.25) is 0 Å². The molecule has 19 heavy (non-hydrogen) atoms. The molecule has 0 bridgehead atoms. The molecule has 5 nitrogen and oxygen atoms in total. The first-order chi connectivity index (χ1) is 9.10. The normalized spacial score (nSPS) is 24.2. The van der Waals surface area contributed by atoms with Crippen molar-refractivity contribution in [3.05, 3.63) is 23.8 Å². The number of halogens is 2. The Hall–Kier alpha value is -1.63. The summed E-state index contributed by atoms with van der Waals surface area (Å²) in [4.78, 5) is 8.33. The maximum atomic E-state index is 13.1. The van der Waals surface area contributed by atoms with Crippen molar-refractivity contribution in [3.63, 3.8) is 0 Å². The SMILES string of the molecule is CC1(c2cc(C(F)F)n3ncnc3n2)CCCNC1. The van der Waals surface area contributed by atoms with E-state index in [0.717, 1.165) is 30.4 Å². The number of piperidine rings is 1. The van der Waals surface area contributed by atoms with Gasteiger partial charge in [-0.05, 0) is 25.5 Å². The maximum absolute atomic E-state index is 13.1. The van der Waals surface area contributed by atoms with Crippen LogP contribution in [-0.4, -0.2) is 32.7 Å². The van der Waals surface area contributed by atoms with Crippen LogP contribution in [0.15, 0.2) is 12.4 Å². The molecule has 1 aliphatic heterocycles. The Morgan fingerprint density at radius 2 is 2.32 bits per heavy atom. The second kappa shape index (κ2) is 4.48. The van der Waals surface area contributed by atoms with Crippen molar-refractivity contribution >= 4 is 5.78 Å². The van der Waals surface area contributed by atoms with Gasteiger partial charge in [0.25, 0.3) is 12.2 Å². The van der Waals surface area contributed by atoms with E-state index in [2.05, 4.69) is 20.4 Å². The first kappa shape index (κ1) is 12.4. The highest BCUT2D eigenvalue weighted by molar-refractivity contribution is 5.34. The first-order valence-electron chi connectivity index (χ1n) is 6.30. The Balaban J connectivity index is 2.13. The predicted octanol–water partition coefficient (Wildman–Crippen LogP) is 1.70. The summed E-state index contributed by atoms with van der Waals surface area (Å²) in [5.41, 5.74) is 0.287. The molecule has 0 amide bonds. The van der Waals surface area contributed by atoms with Gasteiger partial charge in [-0.1, -0.05) is 6.92 Å². The average molecular weight is 267 g/mol.